The molecule has 1 aromatic carbocycles. The van der Waals surface area contributed by atoms with E-state index in [1.54, 1.807) is 6.92 Å². The second-order valence-electron chi connectivity index (χ2n) is 6.29. The van der Waals surface area contributed by atoms with Gasteiger partial charge in [-0.3, -0.25) is 4.79 Å². The Morgan fingerprint density at radius 1 is 1.21 bits per heavy atom. The van der Waals surface area contributed by atoms with Gasteiger partial charge in [-0.1, -0.05) is 18.2 Å². The van der Waals surface area contributed by atoms with Gasteiger partial charge in [0.05, 0.1) is 18.3 Å². The summed E-state index contributed by atoms with van der Waals surface area (Å²) in [5.41, 5.74) is 3.01. The minimum atomic E-state index is -0.574. The lowest BCUT2D eigenvalue weighted by atomic mass is 10.1. The van der Waals surface area contributed by atoms with Gasteiger partial charge >= 0.3 is 5.97 Å². The predicted octanol–water partition coefficient (Wildman–Crippen LogP) is 2.80. The Labute approximate surface area is 162 Å². The van der Waals surface area contributed by atoms with E-state index in [0.717, 1.165) is 22.0 Å². The number of nitrogens with one attached hydrogen (secondary N) is 1. The summed E-state index contributed by atoms with van der Waals surface area (Å²) in [4.78, 5) is 29.1. The molecule has 28 heavy (non-hydrogen) atoms. The number of carbonyl (C=O) groups is 2. The van der Waals surface area contributed by atoms with Crippen molar-refractivity contribution in [1.82, 2.24) is 14.8 Å². The molecule has 3 aromatic rings. The van der Waals surface area contributed by atoms with Crippen LogP contribution in [0.15, 0.2) is 30.5 Å². The first-order valence-corrected chi connectivity index (χ1v) is 8.87. The first-order valence-electron chi connectivity index (χ1n) is 8.87. The second kappa shape index (κ2) is 8.18. The van der Waals surface area contributed by atoms with Gasteiger partial charge in [-0.15, -0.1) is 0 Å². The number of ether oxygens (including phenoxy) is 2. The van der Waals surface area contributed by atoms with E-state index in [4.69, 9.17) is 14.5 Å². The third kappa shape index (κ3) is 3.72. The van der Waals surface area contributed by atoms with E-state index in [2.05, 4.69) is 10.4 Å². The van der Waals surface area contributed by atoms with Crippen LogP contribution in [-0.2, 0) is 14.3 Å². The fourth-order valence-electron chi connectivity index (χ4n) is 2.95. The molecule has 0 unspecified atom stereocenters. The first kappa shape index (κ1) is 19.5. The maximum absolute atomic E-state index is 12.3. The Hall–Kier alpha value is -3.26. The molecule has 0 spiro atoms. The highest BCUT2D eigenvalue weighted by Crippen LogP contribution is 2.26. The Kier molecular flexibility index (Phi) is 5.70. The zero-order valence-corrected chi connectivity index (χ0v) is 16.3. The van der Waals surface area contributed by atoms with Gasteiger partial charge in [-0.05, 0) is 38.0 Å². The number of amides is 1. The lowest BCUT2D eigenvalue weighted by Gasteiger charge is -2.12. The Balaban J connectivity index is 2.15. The van der Waals surface area contributed by atoms with Crippen molar-refractivity contribution in [3.8, 4) is 5.82 Å². The number of aryl methyl sites for hydroxylation is 2. The number of carbonyl (C=O) groups excluding carboxylic acids is 2. The lowest BCUT2D eigenvalue weighted by Crippen LogP contribution is -2.21. The smallest absolute Gasteiger partial charge is 0.343 e. The average molecular weight is 382 g/mol. The predicted molar refractivity (Wildman–Crippen MR) is 105 cm³/mol. The molecule has 1 N–H and O–H groups in total. The molecule has 0 saturated carbocycles. The number of anilines is 1. The average Bonchev–Trinajstić information content (AvgIpc) is 3.06. The molecule has 3 rings (SSSR count). The van der Waals surface area contributed by atoms with Crippen LogP contribution in [0.3, 0.4) is 0 Å². The van der Waals surface area contributed by atoms with Crippen LogP contribution in [-0.4, -0.2) is 47.0 Å². The number of hydrogen-bond acceptors (Lipinski definition) is 6. The van der Waals surface area contributed by atoms with Gasteiger partial charge < -0.3 is 14.8 Å². The summed E-state index contributed by atoms with van der Waals surface area (Å²) < 4.78 is 11.4. The van der Waals surface area contributed by atoms with Crippen LogP contribution in [0.1, 0.15) is 28.4 Å². The number of pyridine rings is 1. The molecule has 2 heterocycles. The van der Waals surface area contributed by atoms with E-state index in [1.807, 2.05) is 38.1 Å². The molecular weight excluding hydrogens is 360 g/mol. The highest BCUT2D eigenvalue weighted by molar-refractivity contribution is 6.01. The molecule has 146 valence electrons. The first-order chi connectivity index (χ1) is 13.5. The number of para-hydroxylation sites is 1. The van der Waals surface area contributed by atoms with Crippen LogP contribution < -0.4 is 5.32 Å². The van der Waals surface area contributed by atoms with Crippen LogP contribution in [0.5, 0.6) is 0 Å². The van der Waals surface area contributed by atoms with Crippen LogP contribution >= 0.6 is 0 Å². The zero-order valence-electron chi connectivity index (χ0n) is 16.3. The van der Waals surface area contributed by atoms with Gasteiger partial charge in [-0.25, -0.2) is 9.78 Å². The largest absolute Gasteiger partial charge is 0.462 e. The van der Waals surface area contributed by atoms with Gasteiger partial charge in [0.1, 0.15) is 12.2 Å². The van der Waals surface area contributed by atoms with Crippen molar-refractivity contribution >= 4 is 28.6 Å². The molecule has 0 bridgehead atoms. The topological polar surface area (TPSA) is 95.3 Å². The number of methoxy groups -OCH3 is 1. The van der Waals surface area contributed by atoms with E-state index >= 15 is 0 Å². The molecule has 0 aliphatic carbocycles. The molecule has 0 saturated heterocycles. The molecule has 8 heteroatoms. The van der Waals surface area contributed by atoms with Gasteiger partial charge in [0.15, 0.2) is 11.6 Å². The number of rotatable bonds is 6. The monoisotopic (exact) mass is 382 g/mol. The summed E-state index contributed by atoms with van der Waals surface area (Å²) in [6.07, 6.45) is 1.36. The van der Waals surface area contributed by atoms with Crippen molar-refractivity contribution < 1.29 is 19.1 Å². The van der Waals surface area contributed by atoms with Crippen molar-refractivity contribution in [2.24, 2.45) is 0 Å². The molecule has 2 aromatic heterocycles. The summed E-state index contributed by atoms with van der Waals surface area (Å²) in [5, 5.41) is 7.99. The summed E-state index contributed by atoms with van der Waals surface area (Å²) in [6, 6.07) is 7.82. The summed E-state index contributed by atoms with van der Waals surface area (Å²) >= 11 is 0. The van der Waals surface area contributed by atoms with E-state index < -0.39 is 11.9 Å². The van der Waals surface area contributed by atoms with Gasteiger partial charge in [-0.2, -0.15) is 9.78 Å². The van der Waals surface area contributed by atoms with Crippen molar-refractivity contribution in [3.63, 3.8) is 0 Å². The van der Waals surface area contributed by atoms with Crippen LogP contribution in [0.25, 0.3) is 16.7 Å². The minimum Gasteiger partial charge on any atom is -0.462 e. The fraction of sp³-hybridized carbons (Fsp3) is 0.300. The van der Waals surface area contributed by atoms with Crippen molar-refractivity contribution in [2.45, 2.75) is 20.8 Å². The number of esters is 1. The lowest BCUT2D eigenvalue weighted by molar-refractivity contribution is -0.119. The molecule has 0 radical (unpaired) electrons. The molecule has 0 aliphatic rings. The Morgan fingerprint density at radius 2 is 2.00 bits per heavy atom. The standard InChI is InChI=1S/C20H22N4O4/c1-5-28-20(26)15-10-21-24(19(15)23-17(25)11-27-4)16-9-13(3)14-8-6-7-12(2)18(14)22-16/h6-10H,5,11H2,1-4H3,(H,23,25). The molecule has 0 fully saturated rings. The van der Waals surface area contributed by atoms with Crippen molar-refractivity contribution in [2.75, 3.05) is 25.6 Å². The minimum absolute atomic E-state index is 0.149. The maximum Gasteiger partial charge on any atom is 0.343 e. The molecule has 1 amide bonds. The third-order valence-corrected chi connectivity index (χ3v) is 4.25. The van der Waals surface area contributed by atoms with Crippen LogP contribution in [0, 0.1) is 13.8 Å². The van der Waals surface area contributed by atoms with E-state index in [1.165, 1.54) is 18.0 Å². The van der Waals surface area contributed by atoms with Crippen LogP contribution in [0.4, 0.5) is 5.82 Å². The van der Waals surface area contributed by atoms with Gasteiger partial charge in [0.25, 0.3) is 5.91 Å². The van der Waals surface area contributed by atoms with Gasteiger partial charge in [0, 0.05) is 12.5 Å². The number of nitrogens with zero attached hydrogens (tertiary/aromatic N) is 3. The SMILES string of the molecule is CCOC(=O)c1cnn(-c2cc(C)c3cccc(C)c3n2)c1NC(=O)COC. The van der Waals surface area contributed by atoms with E-state index in [9.17, 15) is 9.59 Å². The number of fused-ring (bicyclic) bond motifs is 1. The zero-order chi connectivity index (χ0) is 20.3. The van der Waals surface area contributed by atoms with Gasteiger partial charge in [0.2, 0.25) is 0 Å². The van der Waals surface area contributed by atoms with E-state index in [0.29, 0.717) is 5.82 Å². The molecule has 0 atom stereocenters. The summed E-state index contributed by atoms with van der Waals surface area (Å²) in [7, 11) is 1.42. The normalized spacial score (nSPS) is 10.9. The number of benzene rings is 1. The Morgan fingerprint density at radius 3 is 2.71 bits per heavy atom. The summed E-state index contributed by atoms with van der Waals surface area (Å²) in [5.74, 6) is -0.304. The number of aromatic nitrogens is 3. The fourth-order valence-corrected chi connectivity index (χ4v) is 2.95. The summed E-state index contributed by atoms with van der Waals surface area (Å²) in [6.45, 7) is 5.72. The van der Waals surface area contributed by atoms with Crippen molar-refractivity contribution in [1.29, 1.82) is 0 Å². The molecular formula is C20H22N4O4. The molecule has 8 nitrogen and oxygen atoms in total. The maximum atomic E-state index is 12.3. The highest BCUT2D eigenvalue weighted by atomic mass is 16.5. The second-order valence-corrected chi connectivity index (χ2v) is 6.29. The Bertz CT molecular complexity index is 1040. The number of hydrogen-bond donors (Lipinski definition) is 1. The van der Waals surface area contributed by atoms with E-state index in [-0.39, 0.29) is 24.6 Å². The third-order valence-electron chi connectivity index (χ3n) is 4.25. The quantitative estimate of drug-likeness (QED) is 0.659. The van der Waals surface area contributed by atoms with Crippen LogP contribution in [0.2, 0.25) is 0 Å². The highest BCUT2D eigenvalue weighted by Gasteiger charge is 2.22. The van der Waals surface area contributed by atoms with Crippen molar-refractivity contribution in [3.05, 3.63) is 47.2 Å². The molecule has 0 aliphatic heterocycles.